The number of unbranched alkanes of at least 4 members (excludes halogenated alkanes) is 1. The molecule has 2 heterocycles. The molecule has 33 heavy (non-hydrogen) atoms. The highest BCUT2D eigenvalue weighted by molar-refractivity contribution is 6.07. The minimum Gasteiger partial charge on any atom is -0.383 e. The maximum Gasteiger partial charge on any atom is 0.330 e. The lowest BCUT2D eigenvalue weighted by atomic mass is 10.1. The number of nitrogens with one attached hydrogen (secondary N) is 1. The van der Waals surface area contributed by atoms with E-state index in [1.807, 2.05) is 19.1 Å². The molecule has 9 heteroatoms. The van der Waals surface area contributed by atoms with Gasteiger partial charge in [0.1, 0.15) is 5.82 Å². The van der Waals surface area contributed by atoms with E-state index < -0.39 is 11.2 Å². The van der Waals surface area contributed by atoms with Crippen molar-refractivity contribution in [3.63, 3.8) is 0 Å². The van der Waals surface area contributed by atoms with Gasteiger partial charge in [-0.15, -0.1) is 0 Å². The Kier molecular flexibility index (Phi) is 8.32. The number of amides is 1. The van der Waals surface area contributed by atoms with E-state index in [1.165, 1.54) is 9.47 Å². The van der Waals surface area contributed by atoms with Crippen molar-refractivity contribution in [3.05, 3.63) is 50.7 Å². The van der Waals surface area contributed by atoms with Gasteiger partial charge in [-0.3, -0.25) is 19.1 Å². The summed E-state index contributed by atoms with van der Waals surface area (Å²) in [6, 6.07) is 7.36. The Morgan fingerprint density at radius 1 is 1.18 bits per heavy atom. The first kappa shape index (κ1) is 24.6. The minimum atomic E-state index is -0.646. The molecule has 0 radical (unpaired) electrons. The maximum absolute atomic E-state index is 13.6. The van der Waals surface area contributed by atoms with E-state index in [1.54, 1.807) is 12.1 Å². The fourth-order valence-corrected chi connectivity index (χ4v) is 3.87. The Bertz CT molecular complexity index is 1050. The second kappa shape index (κ2) is 11.2. The molecule has 0 atom stereocenters. The zero-order valence-corrected chi connectivity index (χ0v) is 19.8. The zero-order valence-electron chi connectivity index (χ0n) is 19.8. The van der Waals surface area contributed by atoms with Gasteiger partial charge in [0.15, 0.2) is 5.69 Å². The molecule has 0 saturated carbocycles. The van der Waals surface area contributed by atoms with Crippen LogP contribution in [0.1, 0.15) is 50.4 Å². The molecule has 1 amide bonds. The number of hydrogen-bond acceptors (Lipinski definition) is 6. The van der Waals surface area contributed by atoms with Gasteiger partial charge in [-0.25, -0.2) is 4.79 Å². The van der Waals surface area contributed by atoms with E-state index in [-0.39, 0.29) is 17.4 Å². The van der Waals surface area contributed by atoms with Crippen molar-refractivity contribution in [3.8, 4) is 0 Å². The summed E-state index contributed by atoms with van der Waals surface area (Å²) in [5, 5.41) is 0. The van der Waals surface area contributed by atoms with Crippen molar-refractivity contribution < 1.29 is 9.53 Å². The standard InChI is InChI=1S/C24H35N5O4/c1-4-5-11-29-21(25)20(22(30)26-24(29)32)28(12-10-17(2)3)23(31)18-6-8-19(9-7-18)27-13-15-33-16-14-27/h6-9,17H,4-5,10-16,25H2,1-3H3,(H,26,30,32). The van der Waals surface area contributed by atoms with Crippen LogP contribution in [-0.2, 0) is 11.3 Å². The SMILES string of the molecule is CCCCn1c(N)c(N(CCC(C)C)C(=O)c2ccc(N3CCOCC3)cc2)c(=O)[nH]c1=O. The third-order valence-corrected chi connectivity index (χ3v) is 5.88. The van der Waals surface area contributed by atoms with Gasteiger partial charge in [-0.2, -0.15) is 0 Å². The Balaban J connectivity index is 1.96. The molecule has 1 aliphatic heterocycles. The summed E-state index contributed by atoms with van der Waals surface area (Å²) < 4.78 is 6.75. The maximum atomic E-state index is 13.6. The van der Waals surface area contributed by atoms with Gasteiger partial charge in [-0.05, 0) is 43.0 Å². The normalized spacial score (nSPS) is 14.0. The molecule has 1 aromatic heterocycles. The lowest BCUT2D eigenvalue weighted by molar-refractivity contribution is 0.0985. The van der Waals surface area contributed by atoms with Crippen LogP contribution in [0.5, 0.6) is 0 Å². The third kappa shape index (κ3) is 5.84. The van der Waals surface area contributed by atoms with E-state index in [2.05, 4.69) is 23.7 Å². The van der Waals surface area contributed by atoms with Gasteiger partial charge < -0.3 is 20.3 Å². The molecule has 0 unspecified atom stereocenters. The summed E-state index contributed by atoms with van der Waals surface area (Å²) in [6.07, 6.45) is 2.29. The summed E-state index contributed by atoms with van der Waals surface area (Å²) in [6.45, 7) is 9.78. The number of benzene rings is 1. The molecular formula is C24H35N5O4. The summed E-state index contributed by atoms with van der Waals surface area (Å²) in [7, 11) is 0. The van der Waals surface area contributed by atoms with Crippen molar-refractivity contribution in [2.45, 2.75) is 46.6 Å². The Morgan fingerprint density at radius 3 is 2.45 bits per heavy atom. The number of aromatic amines is 1. The van der Waals surface area contributed by atoms with E-state index in [0.29, 0.717) is 44.2 Å². The zero-order chi connectivity index (χ0) is 24.0. The molecule has 3 rings (SSSR count). The predicted molar refractivity (Wildman–Crippen MR) is 131 cm³/mol. The minimum absolute atomic E-state index is 0.0271. The number of ether oxygens (including phenoxy) is 1. The van der Waals surface area contributed by atoms with Gasteiger partial charge >= 0.3 is 5.69 Å². The number of morpholine rings is 1. The van der Waals surface area contributed by atoms with Crippen LogP contribution < -0.4 is 26.8 Å². The first-order chi connectivity index (χ1) is 15.8. The fourth-order valence-electron chi connectivity index (χ4n) is 3.87. The quantitative estimate of drug-likeness (QED) is 0.598. The first-order valence-corrected chi connectivity index (χ1v) is 11.7. The van der Waals surface area contributed by atoms with Crippen LogP contribution in [-0.4, -0.2) is 48.3 Å². The van der Waals surface area contributed by atoms with Crippen LogP contribution >= 0.6 is 0 Å². The van der Waals surface area contributed by atoms with Crippen molar-refractivity contribution in [1.29, 1.82) is 0 Å². The molecule has 1 aromatic carbocycles. The molecule has 2 aromatic rings. The molecule has 0 spiro atoms. The van der Waals surface area contributed by atoms with E-state index in [4.69, 9.17) is 10.5 Å². The number of aromatic nitrogens is 2. The predicted octanol–water partition coefficient (Wildman–Crippen LogP) is 2.45. The molecule has 9 nitrogen and oxygen atoms in total. The number of carbonyl (C=O) groups excluding carboxylic acids is 1. The number of anilines is 3. The average Bonchev–Trinajstić information content (AvgIpc) is 2.81. The topological polar surface area (TPSA) is 114 Å². The number of carbonyl (C=O) groups is 1. The Hall–Kier alpha value is -3.07. The molecule has 3 N–H and O–H groups in total. The van der Waals surface area contributed by atoms with Crippen molar-refractivity contribution in [2.24, 2.45) is 5.92 Å². The average molecular weight is 458 g/mol. The highest BCUT2D eigenvalue weighted by Crippen LogP contribution is 2.23. The third-order valence-electron chi connectivity index (χ3n) is 5.88. The second-order valence-corrected chi connectivity index (χ2v) is 8.78. The van der Waals surface area contributed by atoms with Gasteiger partial charge in [0.05, 0.1) is 13.2 Å². The molecule has 1 saturated heterocycles. The smallest absolute Gasteiger partial charge is 0.330 e. The molecular weight excluding hydrogens is 422 g/mol. The highest BCUT2D eigenvalue weighted by atomic mass is 16.5. The highest BCUT2D eigenvalue weighted by Gasteiger charge is 2.25. The largest absolute Gasteiger partial charge is 0.383 e. The fraction of sp³-hybridized carbons (Fsp3) is 0.542. The number of H-pyrrole nitrogens is 1. The number of nitrogens with two attached hydrogens (primary N) is 1. The summed E-state index contributed by atoms with van der Waals surface area (Å²) in [5.74, 6) is 0.0246. The van der Waals surface area contributed by atoms with Crippen LogP contribution in [0.3, 0.4) is 0 Å². The lowest BCUT2D eigenvalue weighted by Gasteiger charge is -2.29. The van der Waals surface area contributed by atoms with Crippen LogP contribution in [0.15, 0.2) is 33.9 Å². The number of rotatable bonds is 9. The second-order valence-electron chi connectivity index (χ2n) is 8.78. The molecule has 1 aliphatic rings. The number of nitrogen functional groups attached to an aromatic ring is 1. The van der Waals surface area contributed by atoms with E-state index >= 15 is 0 Å². The molecule has 1 fully saturated rings. The summed E-state index contributed by atoms with van der Waals surface area (Å²) in [5.41, 5.74) is 6.62. The van der Waals surface area contributed by atoms with Gasteiger partial charge in [0.2, 0.25) is 0 Å². The first-order valence-electron chi connectivity index (χ1n) is 11.7. The van der Waals surface area contributed by atoms with Crippen molar-refractivity contribution in [2.75, 3.05) is 48.4 Å². The Morgan fingerprint density at radius 2 is 1.85 bits per heavy atom. The van der Waals surface area contributed by atoms with Crippen molar-refractivity contribution >= 4 is 23.1 Å². The van der Waals surface area contributed by atoms with Crippen molar-refractivity contribution in [1.82, 2.24) is 9.55 Å². The number of nitrogens with zero attached hydrogens (tertiary/aromatic N) is 3. The van der Waals surface area contributed by atoms with Gasteiger partial charge in [0, 0.05) is 37.4 Å². The number of hydrogen-bond donors (Lipinski definition) is 2. The van der Waals surface area contributed by atoms with Crippen LogP contribution in [0.2, 0.25) is 0 Å². The van der Waals surface area contributed by atoms with Crippen LogP contribution in [0.25, 0.3) is 0 Å². The molecule has 0 aliphatic carbocycles. The van der Waals surface area contributed by atoms with E-state index in [9.17, 15) is 14.4 Å². The van der Waals surface area contributed by atoms with Gasteiger partial charge in [-0.1, -0.05) is 27.2 Å². The van der Waals surface area contributed by atoms with E-state index in [0.717, 1.165) is 31.6 Å². The van der Waals surface area contributed by atoms with Crippen LogP contribution in [0, 0.1) is 5.92 Å². The molecule has 0 bridgehead atoms. The summed E-state index contributed by atoms with van der Waals surface area (Å²) >= 11 is 0. The molecule has 180 valence electrons. The van der Waals surface area contributed by atoms with Crippen LogP contribution in [0.4, 0.5) is 17.2 Å². The summed E-state index contributed by atoms with van der Waals surface area (Å²) in [4.78, 5) is 44.7. The van der Waals surface area contributed by atoms with Gasteiger partial charge in [0.25, 0.3) is 11.5 Å². The Labute approximate surface area is 194 Å². The monoisotopic (exact) mass is 457 g/mol. The lowest BCUT2D eigenvalue weighted by Crippen LogP contribution is -2.42.